The van der Waals surface area contributed by atoms with Crippen LogP contribution in [0.4, 0.5) is 0 Å². The molecular weight excluding hydrogens is 526 g/mol. The van der Waals surface area contributed by atoms with E-state index in [-0.39, 0.29) is 54.4 Å². The van der Waals surface area contributed by atoms with Crippen molar-refractivity contribution in [2.75, 3.05) is 35.0 Å². The zero-order chi connectivity index (χ0) is 28.8. The van der Waals surface area contributed by atoms with E-state index in [0.717, 1.165) is 64.3 Å². The molecule has 3 heterocycles. The minimum atomic E-state index is -0.536. The van der Waals surface area contributed by atoms with Crippen molar-refractivity contribution >= 4 is 11.8 Å². The Kier molecular flexibility index (Phi) is 8.97. The Balaban J connectivity index is 1.12. The van der Waals surface area contributed by atoms with Gasteiger partial charge in [-0.15, -0.1) is 0 Å². The van der Waals surface area contributed by atoms with Gasteiger partial charge in [-0.3, -0.25) is 9.59 Å². The molecule has 10 heteroatoms. The van der Waals surface area contributed by atoms with Crippen LogP contribution in [0.3, 0.4) is 0 Å². The third kappa shape index (κ3) is 5.24. The molecular formula is C31H52N3O7+. The van der Waals surface area contributed by atoms with E-state index in [1.807, 2.05) is 6.92 Å². The van der Waals surface area contributed by atoms with Gasteiger partial charge in [-0.25, -0.2) is 0 Å². The third-order valence-corrected chi connectivity index (χ3v) is 11.9. The van der Waals surface area contributed by atoms with Gasteiger partial charge in [-0.05, 0) is 70.1 Å². The van der Waals surface area contributed by atoms with E-state index in [4.69, 9.17) is 23.7 Å². The van der Waals surface area contributed by atoms with Crippen molar-refractivity contribution in [3.63, 3.8) is 0 Å². The fourth-order valence-electron chi connectivity index (χ4n) is 10.0. The lowest BCUT2D eigenvalue weighted by atomic mass is 9.64. The number of quaternary nitrogens is 1. The molecule has 0 aromatic rings. The van der Waals surface area contributed by atoms with Crippen LogP contribution in [-0.4, -0.2) is 112 Å². The number of piperidine rings is 2. The van der Waals surface area contributed by atoms with Crippen LogP contribution in [0.25, 0.3) is 0 Å². The molecule has 3 saturated carbocycles. The van der Waals surface area contributed by atoms with Crippen LogP contribution >= 0.6 is 0 Å². The van der Waals surface area contributed by atoms with E-state index in [1.54, 1.807) is 28.4 Å². The Bertz CT molecular complexity index is 953. The summed E-state index contributed by atoms with van der Waals surface area (Å²) in [6.07, 6.45) is 7.83. The van der Waals surface area contributed by atoms with Gasteiger partial charge in [-0.1, -0.05) is 0 Å². The molecule has 10 nitrogen and oxygen atoms in total. The fourth-order valence-corrected chi connectivity index (χ4v) is 10.0. The van der Waals surface area contributed by atoms with E-state index < -0.39 is 6.10 Å². The number of carbonyl (C=O) groups is 2. The zero-order valence-corrected chi connectivity index (χ0v) is 25.5. The number of fused-ring (bicyclic) bond motifs is 5. The van der Waals surface area contributed by atoms with Crippen molar-refractivity contribution < 1.29 is 38.6 Å². The number of methoxy groups -OCH3 is 4. The van der Waals surface area contributed by atoms with Gasteiger partial charge in [0.05, 0.1) is 55.1 Å². The smallest absolute Gasteiger partial charge is 0.249 e. The van der Waals surface area contributed by atoms with Gasteiger partial charge >= 0.3 is 0 Å². The first-order valence-electron chi connectivity index (χ1n) is 16.1. The molecule has 0 aromatic heterocycles. The molecule has 0 radical (unpaired) electrons. The normalized spacial score (nSPS) is 46.3. The van der Waals surface area contributed by atoms with Crippen molar-refractivity contribution in [1.29, 1.82) is 0 Å². The number of hydrogen-bond acceptors (Lipinski definition) is 7. The lowest BCUT2D eigenvalue weighted by Gasteiger charge is -2.53. The number of carbonyl (C=O) groups excluding carboxylic acids is 2. The number of amides is 2. The highest BCUT2D eigenvalue weighted by molar-refractivity contribution is 5.83. The molecule has 0 aromatic carbocycles. The maximum atomic E-state index is 14.3. The quantitative estimate of drug-likeness (QED) is 0.440. The summed E-state index contributed by atoms with van der Waals surface area (Å²) in [6, 6.07) is 0.918. The molecule has 3 aliphatic carbocycles. The first-order chi connectivity index (χ1) is 19.9. The van der Waals surface area contributed by atoms with E-state index in [2.05, 4.69) is 15.5 Å². The molecule has 6 aliphatic rings. The Morgan fingerprint density at radius 2 is 1.61 bits per heavy atom. The molecule has 0 spiro atoms. The summed E-state index contributed by atoms with van der Waals surface area (Å²) in [7, 11) is 6.92. The minimum Gasteiger partial charge on any atom is -0.381 e. The summed E-state index contributed by atoms with van der Waals surface area (Å²) < 4.78 is 29.5. The molecule has 14 unspecified atom stereocenters. The standard InChI is InChI=1S/C31H51N3O7/c1-16(30(35)33-22-15-17(37-2)7-10-24(22)38-3)41-18-6-9-23-21(14-18)19-12-13-32-27-20-8-11-25(39-4)29(40-5)26(20)31(36)34(23)28(19)27/h16-29,32H,6-15H2,1-5H3,(H,33,35)/p+1. The first-order valence-corrected chi connectivity index (χ1v) is 16.1. The Morgan fingerprint density at radius 3 is 2.34 bits per heavy atom. The van der Waals surface area contributed by atoms with Crippen LogP contribution < -0.4 is 10.6 Å². The molecule has 3 aliphatic heterocycles. The molecule has 41 heavy (non-hydrogen) atoms. The number of nitrogens with zero attached hydrogens (tertiary/aromatic N) is 1. The highest BCUT2D eigenvalue weighted by Gasteiger charge is 2.66. The molecule has 6 rings (SSSR count). The van der Waals surface area contributed by atoms with E-state index in [9.17, 15) is 9.59 Å². The fraction of sp³-hybridized carbons (Fsp3) is 0.935. The lowest BCUT2D eigenvalue weighted by Crippen LogP contribution is -2.99. The van der Waals surface area contributed by atoms with Gasteiger partial charge < -0.3 is 39.2 Å². The summed E-state index contributed by atoms with van der Waals surface area (Å²) in [5, 5.41) is 5.73. The SMILES string of the molecule is COC1CCC(OC)C(NC(=O)C(C)OC2CCC3C(C2)C2CC[NH2+]C4C5CCC(OC)C(OC)C5C(=O)N3C24)C1. The van der Waals surface area contributed by atoms with E-state index in [0.29, 0.717) is 35.7 Å². The Labute approximate surface area is 244 Å². The zero-order valence-electron chi connectivity index (χ0n) is 25.5. The lowest BCUT2D eigenvalue weighted by molar-refractivity contribution is -0.713. The molecule has 232 valence electrons. The second-order valence-corrected chi connectivity index (χ2v) is 13.5. The Hall–Kier alpha value is -1.30. The van der Waals surface area contributed by atoms with Crippen LogP contribution in [-0.2, 0) is 33.3 Å². The second kappa shape index (κ2) is 12.4. The largest absolute Gasteiger partial charge is 0.381 e. The number of ether oxygens (including phenoxy) is 5. The van der Waals surface area contributed by atoms with Gasteiger partial charge in [0.1, 0.15) is 12.1 Å². The number of nitrogens with one attached hydrogen (secondary N) is 1. The summed E-state index contributed by atoms with van der Waals surface area (Å²) in [6.45, 7) is 2.98. The molecule has 14 atom stereocenters. The van der Waals surface area contributed by atoms with Crippen LogP contribution in [0, 0.1) is 23.7 Å². The van der Waals surface area contributed by atoms with Crippen molar-refractivity contribution in [2.45, 2.75) is 126 Å². The maximum Gasteiger partial charge on any atom is 0.249 e. The van der Waals surface area contributed by atoms with Gasteiger partial charge in [0.25, 0.3) is 0 Å². The van der Waals surface area contributed by atoms with Gasteiger partial charge in [0, 0.05) is 46.8 Å². The summed E-state index contributed by atoms with van der Waals surface area (Å²) >= 11 is 0. The Morgan fingerprint density at radius 1 is 0.854 bits per heavy atom. The van der Waals surface area contributed by atoms with Gasteiger partial charge in [0.15, 0.2) is 0 Å². The molecule has 6 fully saturated rings. The van der Waals surface area contributed by atoms with Crippen LogP contribution in [0.1, 0.15) is 64.7 Å². The number of hydrogen-bond donors (Lipinski definition) is 2. The predicted octanol–water partition coefficient (Wildman–Crippen LogP) is 0.860. The van der Waals surface area contributed by atoms with Crippen LogP contribution in [0.15, 0.2) is 0 Å². The van der Waals surface area contributed by atoms with Crippen molar-refractivity contribution in [1.82, 2.24) is 10.2 Å². The minimum absolute atomic E-state index is 0.00183. The highest BCUT2D eigenvalue weighted by Crippen LogP contribution is 2.53. The van der Waals surface area contributed by atoms with Crippen LogP contribution in [0.5, 0.6) is 0 Å². The molecule has 0 bridgehead atoms. The van der Waals surface area contributed by atoms with Gasteiger partial charge in [0.2, 0.25) is 11.8 Å². The van der Waals surface area contributed by atoms with Crippen molar-refractivity contribution in [3.8, 4) is 0 Å². The third-order valence-electron chi connectivity index (χ3n) is 11.9. The molecule has 2 amide bonds. The van der Waals surface area contributed by atoms with Crippen molar-refractivity contribution in [2.24, 2.45) is 23.7 Å². The van der Waals surface area contributed by atoms with Gasteiger partial charge in [-0.2, -0.15) is 0 Å². The van der Waals surface area contributed by atoms with Crippen LogP contribution in [0.2, 0.25) is 0 Å². The summed E-state index contributed by atoms with van der Waals surface area (Å²) in [5.41, 5.74) is 0. The summed E-state index contributed by atoms with van der Waals surface area (Å²) in [5.74, 6) is 1.36. The average molecular weight is 579 g/mol. The van der Waals surface area contributed by atoms with E-state index in [1.165, 1.54) is 0 Å². The first kappa shape index (κ1) is 29.8. The second-order valence-electron chi connectivity index (χ2n) is 13.5. The monoisotopic (exact) mass is 578 g/mol. The number of rotatable bonds is 8. The topological polar surface area (TPSA) is 112 Å². The van der Waals surface area contributed by atoms with Crippen molar-refractivity contribution in [3.05, 3.63) is 0 Å². The molecule has 3 saturated heterocycles. The predicted molar refractivity (Wildman–Crippen MR) is 150 cm³/mol. The highest BCUT2D eigenvalue weighted by atomic mass is 16.5. The maximum absolute atomic E-state index is 14.3. The van der Waals surface area contributed by atoms with E-state index >= 15 is 0 Å². The summed E-state index contributed by atoms with van der Waals surface area (Å²) in [4.78, 5) is 29.8. The molecule has 3 N–H and O–H groups in total. The number of nitrogens with two attached hydrogens (primary N) is 1. The average Bonchev–Trinajstić information content (AvgIpc) is 3.33.